The third-order valence-corrected chi connectivity index (χ3v) is 2.59. The third kappa shape index (κ3) is 1.55. The van der Waals surface area contributed by atoms with E-state index in [9.17, 15) is 0 Å². The third-order valence-electron chi connectivity index (χ3n) is 2.59. The standard InChI is InChI=1S/C8H18N2O/c1-6(2)7-3-11-5-8(7,10)4-9/h6-7H,3-5,9-10H2,1-2H3. The molecule has 1 saturated heterocycles. The molecule has 0 aromatic heterocycles. The Morgan fingerprint density at radius 2 is 2.27 bits per heavy atom. The van der Waals surface area contributed by atoms with Gasteiger partial charge >= 0.3 is 0 Å². The molecule has 0 aromatic carbocycles. The maximum absolute atomic E-state index is 6.05. The Labute approximate surface area is 68.1 Å². The molecule has 0 radical (unpaired) electrons. The van der Waals surface area contributed by atoms with Gasteiger partial charge in [-0.25, -0.2) is 0 Å². The van der Waals surface area contributed by atoms with Gasteiger partial charge in [0.1, 0.15) is 0 Å². The van der Waals surface area contributed by atoms with Crippen LogP contribution in [0.15, 0.2) is 0 Å². The van der Waals surface area contributed by atoms with Gasteiger partial charge in [-0.05, 0) is 5.92 Å². The Bertz CT molecular complexity index is 138. The normalized spacial score (nSPS) is 38.5. The van der Waals surface area contributed by atoms with Crippen LogP contribution >= 0.6 is 0 Å². The molecule has 11 heavy (non-hydrogen) atoms. The van der Waals surface area contributed by atoms with Gasteiger partial charge in [-0.2, -0.15) is 0 Å². The molecule has 0 spiro atoms. The second kappa shape index (κ2) is 3.09. The molecule has 3 nitrogen and oxygen atoms in total. The number of ether oxygens (including phenoxy) is 1. The van der Waals surface area contributed by atoms with Crippen LogP contribution in [0.4, 0.5) is 0 Å². The summed E-state index contributed by atoms with van der Waals surface area (Å²) in [4.78, 5) is 0. The van der Waals surface area contributed by atoms with Gasteiger partial charge in [0, 0.05) is 12.5 Å². The Morgan fingerprint density at radius 3 is 2.64 bits per heavy atom. The van der Waals surface area contributed by atoms with Gasteiger partial charge < -0.3 is 16.2 Å². The van der Waals surface area contributed by atoms with Crippen LogP contribution in [0.3, 0.4) is 0 Å². The summed E-state index contributed by atoms with van der Waals surface area (Å²) in [5.74, 6) is 0.985. The van der Waals surface area contributed by atoms with Crippen molar-refractivity contribution in [2.75, 3.05) is 19.8 Å². The van der Waals surface area contributed by atoms with E-state index in [1.165, 1.54) is 0 Å². The Balaban J connectivity index is 2.64. The first-order valence-corrected chi connectivity index (χ1v) is 4.17. The van der Waals surface area contributed by atoms with Crippen LogP contribution in [0.5, 0.6) is 0 Å². The molecule has 2 atom stereocenters. The molecule has 1 aliphatic rings. The monoisotopic (exact) mass is 158 g/mol. The molecular formula is C8H18N2O. The maximum Gasteiger partial charge on any atom is 0.0662 e. The average Bonchev–Trinajstić information content (AvgIpc) is 2.32. The molecule has 4 N–H and O–H groups in total. The summed E-state index contributed by atoms with van der Waals surface area (Å²) in [6.07, 6.45) is 0. The summed E-state index contributed by atoms with van der Waals surface area (Å²) in [6, 6.07) is 0. The molecule has 1 heterocycles. The van der Waals surface area contributed by atoms with Gasteiger partial charge in [0.15, 0.2) is 0 Å². The van der Waals surface area contributed by atoms with E-state index in [1.807, 2.05) is 0 Å². The molecule has 0 aliphatic carbocycles. The lowest BCUT2D eigenvalue weighted by atomic mass is 9.80. The van der Waals surface area contributed by atoms with Crippen LogP contribution in [0.1, 0.15) is 13.8 Å². The zero-order chi connectivity index (χ0) is 8.48. The lowest BCUT2D eigenvalue weighted by molar-refractivity contribution is 0.173. The van der Waals surface area contributed by atoms with Crippen molar-refractivity contribution < 1.29 is 4.74 Å². The highest BCUT2D eigenvalue weighted by molar-refractivity contribution is 4.97. The molecule has 1 fully saturated rings. The second-order valence-electron chi connectivity index (χ2n) is 3.80. The minimum absolute atomic E-state index is 0.270. The molecule has 66 valence electrons. The van der Waals surface area contributed by atoms with Crippen molar-refractivity contribution in [2.45, 2.75) is 19.4 Å². The van der Waals surface area contributed by atoms with Crippen LogP contribution in [0.2, 0.25) is 0 Å². The van der Waals surface area contributed by atoms with E-state index in [1.54, 1.807) is 0 Å². The van der Waals surface area contributed by atoms with E-state index in [0.29, 0.717) is 25.0 Å². The van der Waals surface area contributed by atoms with Gasteiger partial charge in [0.2, 0.25) is 0 Å². The molecule has 0 amide bonds. The van der Waals surface area contributed by atoms with Crippen molar-refractivity contribution in [2.24, 2.45) is 23.3 Å². The molecule has 2 unspecified atom stereocenters. The predicted octanol–water partition coefficient (Wildman–Crippen LogP) is -0.0550. The van der Waals surface area contributed by atoms with Crippen LogP contribution in [0.25, 0.3) is 0 Å². The first-order valence-electron chi connectivity index (χ1n) is 4.17. The highest BCUT2D eigenvalue weighted by atomic mass is 16.5. The van der Waals surface area contributed by atoms with Crippen molar-refractivity contribution in [1.82, 2.24) is 0 Å². The van der Waals surface area contributed by atoms with Gasteiger partial charge in [0.05, 0.1) is 18.8 Å². The smallest absolute Gasteiger partial charge is 0.0662 e. The molecule has 0 aromatic rings. The molecule has 3 heteroatoms. The zero-order valence-electron chi connectivity index (χ0n) is 7.34. The van der Waals surface area contributed by atoms with Gasteiger partial charge in [-0.1, -0.05) is 13.8 Å². The molecule has 0 bridgehead atoms. The largest absolute Gasteiger partial charge is 0.379 e. The van der Waals surface area contributed by atoms with E-state index in [4.69, 9.17) is 16.2 Å². The fourth-order valence-electron chi connectivity index (χ4n) is 1.72. The van der Waals surface area contributed by atoms with Crippen molar-refractivity contribution >= 4 is 0 Å². The van der Waals surface area contributed by atoms with Crippen LogP contribution in [-0.4, -0.2) is 25.3 Å². The number of rotatable bonds is 2. The van der Waals surface area contributed by atoms with E-state index < -0.39 is 0 Å². The molecular weight excluding hydrogens is 140 g/mol. The number of hydrogen-bond acceptors (Lipinski definition) is 3. The zero-order valence-corrected chi connectivity index (χ0v) is 7.34. The SMILES string of the molecule is CC(C)C1COCC1(N)CN. The molecule has 1 aliphatic heterocycles. The fraction of sp³-hybridized carbons (Fsp3) is 1.00. The van der Waals surface area contributed by atoms with Crippen molar-refractivity contribution in [3.05, 3.63) is 0 Å². The van der Waals surface area contributed by atoms with E-state index >= 15 is 0 Å². The Morgan fingerprint density at radius 1 is 1.64 bits per heavy atom. The summed E-state index contributed by atoms with van der Waals surface area (Å²) >= 11 is 0. The number of nitrogens with two attached hydrogens (primary N) is 2. The van der Waals surface area contributed by atoms with Crippen LogP contribution in [-0.2, 0) is 4.74 Å². The highest BCUT2D eigenvalue weighted by Gasteiger charge is 2.40. The van der Waals surface area contributed by atoms with Crippen molar-refractivity contribution in [3.63, 3.8) is 0 Å². The lowest BCUT2D eigenvalue weighted by Crippen LogP contribution is -2.54. The average molecular weight is 158 g/mol. The first-order chi connectivity index (χ1) is 5.10. The summed E-state index contributed by atoms with van der Waals surface area (Å²) < 4.78 is 5.32. The van der Waals surface area contributed by atoms with Gasteiger partial charge in [-0.15, -0.1) is 0 Å². The molecule has 0 saturated carbocycles. The molecule has 1 rings (SSSR count). The topological polar surface area (TPSA) is 61.3 Å². The second-order valence-corrected chi connectivity index (χ2v) is 3.80. The summed E-state index contributed by atoms with van der Waals surface area (Å²) in [5, 5.41) is 0. The number of hydrogen-bond donors (Lipinski definition) is 2. The Kier molecular flexibility index (Phi) is 2.52. The summed E-state index contributed by atoms with van der Waals surface area (Å²) in [6.45, 7) is 6.24. The summed E-state index contributed by atoms with van der Waals surface area (Å²) in [7, 11) is 0. The predicted molar refractivity (Wildman–Crippen MR) is 45.1 cm³/mol. The Hall–Kier alpha value is -0.120. The maximum atomic E-state index is 6.05. The van der Waals surface area contributed by atoms with E-state index in [0.717, 1.165) is 6.61 Å². The van der Waals surface area contributed by atoms with E-state index in [-0.39, 0.29) is 5.54 Å². The van der Waals surface area contributed by atoms with Crippen LogP contribution < -0.4 is 11.5 Å². The van der Waals surface area contributed by atoms with Gasteiger partial charge in [-0.3, -0.25) is 0 Å². The van der Waals surface area contributed by atoms with Crippen molar-refractivity contribution in [3.8, 4) is 0 Å². The highest BCUT2D eigenvalue weighted by Crippen LogP contribution is 2.28. The van der Waals surface area contributed by atoms with Crippen molar-refractivity contribution in [1.29, 1.82) is 0 Å². The quantitative estimate of drug-likeness (QED) is 0.592. The van der Waals surface area contributed by atoms with E-state index in [2.05, 4.69) is 13.8 Å². The van der Waals surface area contributed by atoms with Gasteiger partial charge in [0.25, 0.3) is 0 Å². The first kappa shape index (κ1) is 8.97. The fourth-order valence-corrected chi connectivity index (χ4v) is 1.72. The summed E-state index contributed by atoms with van der Waals surface area (Å²) in [5.41, 5.74) is 11.4. The minimum Gasteiger partial charge on any atom is -0.379 e. The lowest BCUT2D eigenvalue weighted by Gasteiger charge is -2.30. The minimum atomic E-state index is -0.270. The van der Waals surface area contributed by atoms with Crippen LogP contribution in [0, 0.1) is 11.8 Å².